The molecule has 2 aliphatic carbocycles. The molecule has 2 saturated carbocycles. The Labute approximate surface area is 204 Å². The van der Waals surface area contributed by atoms with Gasteiger partial charge >= 0.3 is 43.4 Å². The second-order valence-electron chi connectivity index (χ2n) is 7.52. The summed E-state index contributed by atoms with van der Waals surface area (Å²) in [4.78, 5) is 66.2. The van der Waals surface area contributed by atoms with Crippen molar-refractivity contribution in [1.29, 1.82) is 0 Å². The summed E-state index contributed by atoms with van der Waals surface area (Å²) in [7, 11) is 0. The van der Waals surface area contributed by atoms with Gasteiger partial charge in [0.2, 0.25) is 0 Å². The summed E-state index contributed by atoms with van der Waals surface area (Å²) in [5.41, 5.74) is 0. The Morgan fingerprint density at radius 1 is 0.606 bits per heavy atom. The van der Waals surface area contributed by atoms with Gasteiger partial charge in [-0.3, -0.25) is 9.59 Å². The molecule has 0 saturated heterocycles. The van der Waals surface area contributed by atoms with Crippen LogP contribution in [0.1, 0.15) is 51.4 Å². The fourth-order valence-corrected chi connectivity index (χ4v) is 3.82. The van der Waals surface area contributed by atoms with Crippen LogP contribution in [0.4, 0.5) is 0 Å². The van der Waals surface area contributed by atoms with Gasteiger partial charge in [-0.25, -0.2) is 9.59 Å². The number of ether oxygens (including phenoxy) is 2. The Bertz CT molecular complexity index is 711. The van der Waals surface area contributed by atoms with Crippen molar-refractivity contribution >= 4 is 35.8 Å². The van der Waals surface area contributed by atoms with Gasteiger partial charge in [0.25, 0.3) is 0 Å². The minimum atomic E-state index is -1.26. The summed E-state index contributed by atoms with van der Waals surface area (Å²) in [6, 6.07) is 0. The van der Waals surface area contributed by atoms with Crippen LogP contribution in [0.2, 0.25) is 0 Å². The van der Waals surface area contributed by atoms with Crippen molar-refractivity contribution in [3.05, 3.63) is 25.3 Å². The van der Waals surface area contributed by atoms with Gasteiger partial charge in [0.05, 0.1) is 11.8 Å². The maximum absolute atomic E-state index is 11.5. The average Bonchev–Trinajstić information content (AvgIpc) is 2.79. The first-order valence-corrected chi connectivity index (χ1v) is 10.3. The number of aliphatic carboxylic acids is 2. The van der Waals surface area contributed by atoms with Crippen LogP contribution in [0.3, 0.4) is 0 Å². The monoisotopic (exact) mass is 514 g/mol. The van der Waals surface area contributed by atoms with E-state index >= 15 is 0 Å². The first-order valence-electron chi connectivity index (χ1n) is 10.3. The van der Waals surface area contributed by atoms with Gasteiger partial charge in [0, 0.05) is 35.9 Å². The number of hydrogen-bond acceptors (Lipinski definition) is 10. The number of rotatable bonds is 6. The second kappa shape index (κ2) is 15.2. The Balaban J connectivity index is 0.000000602. The van der Waals surface area contributed by atoms with E-state index in [2.05, 4.69) is 22.6 Å². The van der Waals surface area contributed by atoms with Crippen LogP contribution in [0.5, 0.6) is 0 Å². The van der Waals surface area contributed by atoms with Gasteiger partial charge in [-0.05, 0) is 25.7 Å². The van der Waals surface area contributed by atoms with Gasteiger partial charge in [-0.1, -0.05) is 38.8 Å². The molecule has 0 aliphatic heterocycles. The molecule has 4 unspecified atom stereocenters. The molecule has 10 nitrogen and oxygen atoms in total. The zero-order valence-corrected chi connectivity index (χ0v) is 21.3. The van der Waals surface area contributed by atoms with Crippen LogP contribution < -0.4 is 10.2 Å². The number of carboxylic acid groups (broad SMARTS) is 2. The van der Waals surface area contributed by atoms with Gasteiger partial charge in [-0.15, -0.1) is 0 Å². The van der Waals surface area contributed by atoms with E-state index in [4.69, 9.17) is 0 Å². The molecule has 33 heavy (non-hydrogen) atoms. The van der Waals surface area contributed by atoms with E-state index in [0.717, 1.165) is 37.8 Å². The fraction of sp³-hybridized carbons (Fsp3) is 0.545. The smallest absolute Gasteiger partial charge is 0.550 e. The van der Waals surface area contributed by atoms with Crippen LogP contribution in [-0.2, 0) is 57.7 Å². The predicted molar refractivity (Wildman–Crippen MR) is 104 cm³/mol. The van der Waals surface area contributed by atoms with Gasteiger partial charge in [0.15, 0.2) is 0 Å². The van der Waals surface area contributed by atoms with E-state index in [-0.39, 0.29) is 19.5 Å². The third-order valence-corrected chi connectivity index (χ3v) is 5.48. The molecule has 2 aliphatic rings. The van der Waals surface area contributed by atoms with E-state index < -0.39 is 59.5 Å². The van der Waals surface area contributed by atoms with Gasteiger partial charge in [0.1, 0.15) is 0 Å². The molecule has 0 aromatic rings. The Kier molecular flexibility index (Phi) is 14.0. The summed E-state index contributed by atoms with van der Waals surface area (Å²) in [6.07, 6.45) is 6.37. The van der Waals surface area contributed by atoms with Gasteiger partial charge < -0.3 is 29.3 Å². The first kappa shape index (κ1) is 30.3. The topological polar surface area (TPSA) is 167 Å². The number of carbonyl (C=O) groups is 6. The Hall–Kier alpha value is -2.68. The largest absolute Gasteiger partial charge is 2.00 e. The van der Waals surface area contributed by atoms with E-state index in [0.29, 0.717) is 25.7 Å². The maximum Gasteiger partial charge on any atom is 2.00 e. The third kappa shape index (κ3) is 9.78. The molecule has 0 bridgehead atoms. The van der Waals surface area contributed by atoms with E-state index in [9.17, 15) is 39.0 Å². The normalized spacial score (nSPS) is 23.8. The molecule has 2 rings (SSSR count). The molecule has 0 N–H and O–H groups in total. The number of carboxylic acids is 2. The average molecular weight is 516 g/mol. The van der Waals surface area contributed by atoms with Crippen molar-refractivity contribution in [2.24, 2.45) is 23.7 Å². The summed E-state index contributed by atoms with van der Waals surface area (Å²) >= 11 is 0. The van der Waals surface area contributed by atoms with E-state index in [1.807, 2.05) is 0 Å². The number of esters is 4. The maximum atomic E-state index is 11.5. The molecule has 0 heterocycles. The standard InChI is InChI=1S/2C11H14O5.Zn/c2*1-2-9(12)16-11(15)8-6-4-3-5-7(8)10(13)14;/h2*2,7-8H,1,3-6H2,(H,13,14);/q;;+2/p-2. The van der Waals surface area contributed by atoms with Crippen molar-refractivity contribution in [3.63, 3.8) is 0 Å². The molecular weight excluding hydrogens is 490 g/mol. The van der Waals surface area contributed by atoms with Crippen LogP contribution in [0.25, 0.3) is 0 Å². The molecule has 0 spiro atoms. The van der Waals surface area contributed by atoms with Crippen molar-refractivity contribution in [2.45, 2.75) is 51.4 Å². The first-order chi connectivity index (χ1) is 15.1. The quantitative estimate of drug-likeness (QED) is 0.196. The second-order valence-corrected chi connectivity index (χ2v) is 7.52. The molecule has 0 aromatic heterocycles. The van der Waals surface area contributed by atoms with Crippen LogP contribution in [0.15, 0.2) is 25.3 Å². The molecule has 0 radical (unpaired) electrons. The summed E-state index contributed by atoms with van der Waals surface area (Å²) in [5, 5.41) is 21.6. The van der Waals surface area contributed by atoms with Crippen LogP contribution in [-0.4, -0.2) is 35.8 Å². The van der Waals surface area contributed by atoms with Crippen molar-refractivity contribution in [1.82, 2.24) is 0 Å². The molecule has 11 heteroatoms. The zero-order valence-electron chi connectivity index (χ0n) is 18.3. The molecular formula is C22H26O10Zn. The number of hydrogen-bond donors (Lipinski definition) is 0. The van der Waals surface area contributed by atoms with E-state index in [1.165, 1.54) is 0 Å². The molecule has 2 fully saturated rings. The van der Waals surface area contributed by atoms with Crippen LogP contribution in [0, 0.1) is 23.7 Å². The molecule has 0 amide bonds. The Morgan fingerprint density at radius 2 is 0.879 bits per heavy atom. The fourth-order valence-electron chi connectivity index (χ4n) is 3.82. The summed E-state index contributed by atoms with van der Waals surface area (Å²) < 4.78 is 8.86. The minimum absolute atomic E-state index is 0. The summed E-state index contributed by atoms with van der Waals surface area (Å²) in [5.74, 6) is -9.05. The Morgan fingerprint density at radius 3 is 1.12 bits per heavy atom. The number of carbonyl (C=O) groups excluding carboxylic acids is 6. The SMILES string of the molecule is C=CC(=O)OC(=O)C1CCCCC1C(=O)[O-].C=CC(=O)OC(=O)C1CCCCC1C(=O)[O-].[Zn+2]. The minimum Gasteiger partial charge on any atom is -0.550 e. The summed E-state index contributed by atoms with van der Waals surface area (Å²) in [6.45, 7) is 6.32. The third-order valence-electron chi connectivity index (χ3n) is 5.48. The molecule has 0 aromatic carbocycles. The van der Waals surface area contributed by atoms with E-state index in [1.54, 1.807) is 0 Å². The van der Waals surface area contributed by atoms with Gasteiger partial charge in [-0.2, -0.15) is 0 Å². The molecule has 176 valence electrons. The van der Waals surface area contributed by atoms with Crippen LogP contribution >= 0.6 is 0 Å². The predicted octanol–water partition coefficient (Wildman–Crippen LogP) is -0.405. The molecule has 4 atom stereocenters. The zero-order chi connectivity index (χ0) is 24.3. The van der Waals surface area contributed by atoms with Crippen molar-refractivity contribution in [3.8, 4) is 0 Å². The van der Waals surface area contributed by atoms with Crippen molar-refractivity contribution < 1.29 is 67.9 Å². The van der Waals surface area contributed by atoms with Crippen molar-refractivity contribution in [2.75, 3.05) is 0 Å².